The second kappa shape index (κ2) is 4.07. The van der Waals surface area contributed by atoms with E-state index >= 15 is 0 Å². The third-order valence-corrected chi connectivity index (χ3v) is 2.46. The van der Waals surface area contributed by atoms with E-state index in [1.54, 1.807) is 13.0 Å². The molecule has 0 N–H and O–H groups in total. The Kier molecular flexibility index (Phi) is 2.79. The third-order valence-electron chi connectivity index (χ3n) is 2.46. The molecule has 0 radical (unpaired) electrons. The summed E-state index contributed by atoms with van der Waals surface area (Å²) in [7, 11) is 0. The van der Waals surface area contributed by atoms with E-state index in [-0.39, 0.29) is 12.1 Å². The summed E-state index contributed by atoms with van der Waals surface area (Å²) in [5.74, 6) is -0.166. The van der Waals surface area contributed by atoms with Gasteiger partial charge >= 0.3 is 0 Å². The van der Waals surface area contributed by atoms with Gasteiger partial charge in [-0.15, -0.1) is 0 Å². The molecule has 0 bridgehead atoms. The molecule has 3 heteroatoms. The molecule has 14 heavy (non-hydrogen) atoms. The van der Waals surface area contributed by atoms with Crippen molar-refractivity contribution in [3.63, 3.8) is 0 Å². The zero-order valence-electron chi connectivity index (χ0n) is 8.13. The molecule has 76 valence electrons. The lowest BCUT2D eigenvalue weighted by molar-refractivity contribution is -0.0401. The van der Waals surface area contributed by atoms with E-state index in [4.69, 9.17) is 9.47 Å². The Morgan fingerprint density at radius 1 is 1.36 bits per heavy atom. The van der Waals surface area contributed by atoms with Crippen LogP contribution >= 0.6 is 0 Å². The summed E-state index contributed by atoms with van der Waals surface area (Å²) >= 11 is 0. The molecule has 0 aliphatic carbocycles. The van der Waals surface area contributed by atoms with Crippen LogP contribution in [-0.4, -0.2) is 19.5 Å². The molecule has 1 aromatic rings. The maximum absolute atomic E-state index is 13.2. The summed E-state index contributed by atoms with van der Waals surface area (Å²) in [6, 6.07) is 5.09. The van der Waals surface area contributed by atoms with Crippen molar-refractivity contribution in [2.75, 3.05) is 13.2 Å². The summed E-state index contributed by atoms with van der Waals surface area (Å²) in [5, 5.41) is 0. The number of halogens is 1. The van der Waals surface area contributed by atoms with Crippen molar-refractivity contribution in [1.82, 2.24) is 0 Å². The van der Waals surface area contributed by atoms with Crippen LogP contribution in [0.1, 0.15) is 11.1 Å². The molecule has 0 unspecified atom stereocenters. The molecule has 0 aromatic heterocycles. The summed E-state index contributed by atoms with van der Waals surface area (Å²) in [5.41, 5.74) is 1.64. The first-order valence-electron chi connectivity index (χ1n) is 4.74. The maximum Gasteiger partial charge on any atom is 0.161 e. The van der Waals surface area contributed by atoms with Gasteiger partial charge in [0.2, 0.25) is 0 Å². The van der Waals surface area contributed by atoms with Gasteiger partial charge in [-0.05, 0) is 24.1 Å². The quantitative estimate of drug-likeness (QED) is 0.720. The van der Waals surface area contributed by atoms with E-state index < -0.39 is 0 Å². The SMILES string of the molecule is Cc1c(F)cccc1CC1OCCO1. The fourth-order valence-corrected chi connectivity index (χ4v) is 1.58. The van der Waals surface area contributed by atoms with E-state index in [0.29, 0.717) is 25.2 Å². The van der Waals surface area contributed by atoms with Crippen LogP contribution in [0.25, 0.3) is 0 Å². The lowest BCUT2D eigenvalue weighted by atomic mass is 10.1. The predicted octanol–water partition coefficient (Wildman–Crippen LogP) is 2.05. The van der Waals surface area contributed by atoms with E-state index in [9.17, 15) is 4.39 Å². The molecule has 0 amide bonds. The van der Waals surface area contributed by atoms with Gasteiger partial charge in [-0.3, -0.25) is 0 Å². The number of benzene rings is 1. The monoisotopic (exact) mass is 196 g/mol. The minimum atomic E-state index is -0.199. The van der Waals surface area contributed by atoms with Crippen molar-refractivity contribution in [2.24, 2.45) is 0 Å². The molecule has 1 fully saturated rings. The molecule has 1 saturated heterocycles. The second-order valence-corrected chi connectivity index (χ2v) is 3.40. The third kappa shape index (κ3) is 1.94. The van der Waals surface area contributed by atoms with Crippen molar-refractivity contribution >= 4 is 0 Å². The van der Waals surface area contributed by atoms with Crippen LogP contribution in [0.5, 0.6) is 0 Å². The number of hydrogen-bond donors (Lipinski definition) is 0. The Bertz CT molecular complexity index is 319. The van der Waals surface area contributed by atoms with Gasteiger partial charge in [0.05, 0.1) is 13.2 Å². The molecular formula is C11H13FO2. The maximum atomic E-state index is 13.2. The molecule has 0 saturated carbocycles. The first kappa shape index (κ1) is 9.62. The van der Waals surface area contributed by atoms with Crippen LogP contribution in [0.4, 0.5) is 4.39 Å². The van der Waals surface area contributed by atoms with Gasteiger partial charge in [-0.1, -0.05) is 12.1 Å². The summed E-state index contributed by atoms with van der Waals surface area (Å²) < 4.78 is 23.8. The van der Waals surface area contributed by atoms with E-state index in [1.807, 2.05) is 6.07 Å². The van der Waals surface area contributed by atoms with Gasteiger partial charge in [0.1, 0.15) is 5.82 Å². The molecule has 0 spiro atoms. The minimum Gasteiger partial charge on any atom is -0.350 e. The minimum absolute atomic E-state index is 0.166. The van der Waals surface area contributed by atoms with E-state index in [0.717, 1.165) is 5.56 Å². The highest BCUT2D eigenvalue weighted by molar-refractivity contribution is 5.27. The normalized spacial score (nSPS) is 17.6. The highest BCUT2D eigenvalue weighted by Gasteiger charge is 2.17. The van der Waals surface area contributed by atoms with Crippen molar-refractivity contribution in [1.29, 1.82) is 0 Å². The fourth-order valence-electron chi connectivity index (χ4n) is 1.58. The molecule has 0 atom stereocenters. The Morgan fingerprint density at radius 3 is 2.79 bits per heavy atom. The molecule has 1 heterocycles. The first-order valence-corrected chi connectivity index (χ1v) is 4.74. The molecule has 2 rings (SSSR count). The smallest absolute Gasteiger partial charge is 0.161 e. The number of hydrogen-bond acceptors (Lipinski definition) is 2. The fraction of sp³-hybridized carbons (Fsp3) is 0.455. The molecule has 1 aromatic carbocycles. The Hall–Kier alpha value is -0.930. The second-order valence-electron chi connectivity index (χ2n) is 3.40. The van der Waals surface area contributed by atoms with Crippen molar-refractivity contribution < 1.29 is 13.9 Å². The summed E-state index contributed by atoms with van der Waals surface area (Å²) in [4.78, 5) is 0. The van der Waals surface area contributed by atoms with Crippen molar-refractivity contribution in [3.05, 3.63) is 35.1 Å². The van der Waals surface area contributed by atoms with Crippen LogP contribution in [-0.2, 0) is 15.9 Å². The molecule has 1 aliphatic rings. The van der Waals surface area contributed by atoms with E-state index in [1.165, 1.54) is 6.07 Å². The van der Waals surface area contributed by atoms with Crippen LogP contribution < -0.4 is 0 Å². The zero-order chi connectivity index (χ0) is 9.97. The summed E-state index contributed by atoms with van der Waals surface area (Å²) in [6.07, 6.45) is 0.430. The number of rotatable bonds is 2. The molecule has 2 nitrogen and oxygen atoms in total. The Balaban J connectivity index is 2.11. The van der Waals surface area contributed by atoms with Crippen LogP contribution in [0.2, 0.25) is 0 Å². The summed E-state index contributed by atoms with van der Waals surface area (Å²) in [6.45, 7) is 3.05. The van der Waals surface area contributed by atoms with Crippen LogP contribution in [0.3, 0.4) is 0 Å². The lowest BCUT2D eigenvalue weighted by Crippen LogP contribution is -2.12. The highest BCUT2D eigenvalue weighted by atomic mass is 19.1. The highest BCUT2D eigenvalue weighted by Crippen LogP contribution is 2.17. The average molecular weight is 196 g/mol. The van der Waals surface area contributed by atoms with Gasteiger partial charge < -0.3 is 9.47 Å². The van der Waals surface area contributed by atoms with Crippen molar-refractivity contribution in [3.8, 4) is 0 Å². The molecular weight excluding hydrogens is 183 g/mol. The molecule has 1 aliphatic heterocycles. The first-order chi connectivity index (χ1) is 6.77. The van der Waals surface area contributed by atoms with Gasteiger partial charge in [0, 0.05) is 6.42 Å². The van der Waals surface area contributed by atoms with Gasteiger partial charge in [0.15, 0.2) is 6.29 Å². The van der Waals surface area contributed by atoms with Crippen molar-refractivity contribution in [2.45, 2.75) is 19.6 Å². The number of ether oxygens (including phenoxy) is 2. The predicted molar refractivity (Wildman–Crippen MR) is 50.5 cm³/mol. The van der Waals surface area contributed by atoms with Crippen LogP contribution in [0, 0.1) is 12.7 Å². The standard InChI is InChI=1S/C11H13FO2/c1-8-9(3-2-4-10(8)12)7-11-13-5-6-14-11/h2-4,11H,5-7H2,1H3. The zero-order valence-corrected chi connectivity index (χ0v) is 8.13. The topological polar surface area (TPSA) is 18.5 Å². The Labute approximate surface area is 82.6 Å². The average Bonchev–Trinajstić information content (AvgIpc) is 2.66. The van der Waals surface area contributed by atoms with Gasteiger partial charge in [0.25, 0.3) is 0 Å². The lowest BCUT2D eigenvalue weighted by Gasteiger charge is -2.11. The van der Waals surface area contributed by atoms with E-state index in [2.05, 4.69) is 0 Å². The Morgan fingerprint density at radius 2 is 2.07 bits per heavy atom. The van der Waals surface area contributed by atoms with Gasteiger partial charge in [-0.25, -0.2) is 4.39 Å². The largest absolute Gasteiger partial charge is 0.350 e. The van der Waals surface area contributed by atoms with Gasteiger partial charge in [-0.2, -0.15) is 0 Å². The van der Waals surface area contributed by atoms with Crippen LogP contribution in [0.15, 0.2) is 18.2 Å².